The van der Waals surface area contributed by atoms with Crippen LogP contribution >= 0.6 is 12.2 Å². The molecule has 1 amide bonds. The predicted octanol–water partition coefficient (Wildman–Crippen LogP) is 2.56. The fraction of sp³-hybridized carbons (Fsp3) is 0.235. The molecule has 0 bridgehead atoms. The summed E-state index contributed by atoms with van der Waals surface area (Å²) in [6.45, 7) is 2.64. The van der Waals surface area contributed by atoms with Crippen molar-refractivity contribution in [1.82, 2.24) is 10.6 Å². The van der Waals surface area contributed by atoms with E-state index in [1.807, 2.05) is 6.92 Å². The van der Waals surface area contributed by atoms with Crippen LogP contribution in [0.25, 0.3) is 0 Å². The number of hydrogen-bond donors (Lipinski definition) is 2. The quantitative estimate of drug-likeness (QED) is 0.592. The summed E-state index contributed by atoms with van der Waals surface area (Å²) in [6.07, 6.45) is 2.31. The molecule has 0 unspecified atom stereocenters. The Labute approximate surface area is 145 Å². The molecule has 0 saturated heterocycles. The molecule has 6 nitrogen and oxygen atoms in total. The molecule has 2 rings (SSSR count). The van der Waals surface area contributed by atoms with Crippen LogP contribution in [0.3, 0.4) is 0 Å². The minimum atomic E-state index is -0.470. The van der Waals surface area contributed by atoms with Crippen LogP contribution in [0, 0.1) is 0 Å². The zero-order chi connectivity index (χ0) is 17.4. The first-order valence-electron chi connectivity index (χ1n) is 7.49. The highest BCUT2D eigenvalue weighted by molar-refractivity contribution is 7.80. The van der Waals surface area contributed by atoms with Crippen molar-refractivity contribution in [1.29, 1.82) is 0 Å². The van der Waals surface area contributed by atoms with Crippen molar-refractivity contribution < 1.29 is 18.7 Å². The summed E-state index contributed by atoms with van der Waals surface area (Å²) < 4.78 is 10.4. The first-order valence-corrected chi connectivity index (χ1v) is 7.89. The number of carbonyl (C=O) groups excluding carboxylic acids is 2. The molecule has 0 radical (unpaired) electrons. The van der Waals surface area contributed by atoms with Crippen LogP contribution in [0.15, 0.2) is 47.1 Å². The van der Waals surface area contributed by atoms with Crippen LogP contribution in [0.2, 0.25) is 0 Å². The lowest BCUT2D eigenvalue weighted by Crippen LogP contribution is -2.41. The van der Waals surface area contributed by atoms with Crippen molar-refractivity contribution in [3.05, 3.63) is 54.0 Å². The van der Waals surface area contributed by atoms with E-state index in [2.05, 4.69) is 10.6 Å². The van der Waals surface area contributed by atoms with E-state index < -0.39 is 5.91 Å². The van der Waals surface area contributed by atoms with Gasteiger partial charge in [0.05, 0.1) is 19.4 Å². The monoisotopic (exact) mass is 346 g/mol. The molecule has 0 fully saturated rings. The Balaban J connectivity index is 1.79. The topological polar surface area (TPSA) is 80.6 Å². The molecule has 1 heterocycles. The van der Waals surface area contributed by atoms with Gasteiger partial charge in [0, 0.05) is 5.56 Å². The van der Waals surface area contributed by atoms with Gasteiger partial charge in [0.15, 0.2) is 16.7 Å². The Hall–Kier alpha value is -2.67. The maximum atomic E-state index is 12.1. The summed E-state index contributed by atoms with van der Waals surface area (Å²) in [6, 6.07) is 10.0. The molecular formula is C17H18N2O4S. The zero-order valence-corrected chi connectivity index (χ0v) is 14.0. The van der Waals surface area contributed by atoms with E-state index in [1.54, 1.807) is 30.3 Å². The summed E-state index contributed by atoms with van der Waals surface area (Å²) in [4.78, 5) is 23.8. The van der Waals surface area contributed by atoms with E-state index in [0.29, 0.717) is 12.2 Å². The number of nitrogens with one attached hydrogen (secondary N) is 2. The molecular weight excluding hydrogens is 328 g/mol. The van der Waals surface area contributed by atoms with E-state index >= 15 is 0 Å². The highest BCUT2D eigenvalue weighted by atomic mass is 32.1. The maximum Gasteiger partial charge on any atom is 0.293 e. The van der Waals surface area contributed by atoms with E-state index in [4.69, 9.17) is 21.4 Å². The molecule has 0 spiro atoms. The SMILES string of the molecule is CCCOc1ccc(C(=O)CNC(=S)NC(=O)c2ccco2)cc1. The first-order chi connectivity index (χ1) is 11.6. The Bertz CT molecular complexity index is 696. The van der Waals surface area contributed by atoms with Gasteiger partial charge in [0.2, 0.25) is 0 Å². The number of ketones is 1. The second-order valence-corrected chi connectivity index (χ2v) is 5.32. The van der Waals surface area contributed by atoms with Gasteiger partial charge in [-0.2, -0.15) is 0 Å². The molecule has 1 aromatic heterocycles. The maximum absolute atomic E-state index is 12.1. The molecule has 0 saturated carbocycles. The van der Waals surface area contributed by atoms with Crippen LogP contribution in [0.4, 0.5) is 0 Å². The number of furan rings is 1. The average Bonchev–Trinajstić information content (AvgIpc) is 3.13. The molecule has 126 valence electrons. The molecule has 1 aromatic carbocycles. The van der Waals surface area contributed by atoms with Crippen LogP contribution in [-0.4, -0.2) is 30.0 Å². The third-order valence-corrected chi connectivity index (χ3v) is 3.28. The number of thiocarbonyl (C=S) groups is 1. The fourth-order valence-corrected chi connectivity index (χ4v) is 2.00. The molecule has 7 heteroatoms. The molecule has 2 aromatic rings. The predicted molar refractivity (Wildman–Crippen MR) is 93.3 cm³/mol. The zero-order valence-electron chi connectivity index (χ0n) is 13.2. The van der Waals surface area contributed by atoms with Gasteiger partial charge in [-0.05, 0) is 55.0 Å². The van der Waals surface area contributed by atoms with Crippen LogP contribution < -0.4 is 15.4 Å². The lowest BCUT2D eigenvalue weighted by atomic mass is 10.1. The summed E-state index contributed by atoms with van der Waals surface area (Å²) in [7, 11) is 0. The second-order valence-electron chi connectivity index (χ2n) is 4.91. The van der Waals surface area contributed by atoms with Gasteiger partial charge in [-0.15, -0.1) is 0 Å². The largest absolute Gasteiger partial charge is 0.494 e. The standard InChI is InChI=1S/C17H18N2O4S/c1-2-9-22-13-7-5-12(6-8-13)14(20)11-18-17(24)19-16(21)15-4-3-10-23-15/h3-8,10H,2,9,11H2,1H3,(H2,18,19,21,24). The summed E-state index contributed by atoms with van der Waals surface area (Å²) >= 11 is 4.98. The fourth-order valence-electron chi connectivity index (χ4n) is 1.84. The molecule has 0 aliphatic carbocycles. The molecule has 0 aliphatic heterocycles. The van der Waals surface area contributed by atoms with Gasteiger partial charge in [-0.1, -0.05) is 6.92 Å². The average molecular weight is 346 g/mol. The minimum Gasteiger partial charge on any atom is -0.494 e. The second kappa shape index (κ2) is 8.83. The summed E-state index contributed by atoms with van der Waals surface area (Å²) in [5.41, 5.74) is 0.534. The molecule has 0 aliphatic rings. The minimum absolute atomic E-state index is 0.0214. The Morgan fingerprint density at radius 2 is 1.96 bits per heavy atom. The lowest BCUT2D eigenvalue weighted by Gasteiger charge is -2.09. The van der Waals surface area contributed by atoms with E-state index in [1.165, 1.54) is 12.3 Å². The van der Waals surface area contributed by atoms with Gasteiger partial charge < -0.3 is 14.5 Å². The number of ether oxygens (including phenoxy) is 1. The van der Waals surface area contributed by atoms with Gasteiger partial charge in [0.1, 0.15) is 5.75 Å². The Kier molecular flexibility index (Phi) is 6.51. The number of benzene rings is 1. The third-order valence-electron chi connectivity index (χ3n) is 3.03. The number of amides is 1. The van der Waals surface area contributed by atoms with Crippen molar-refractivity contribution in [3.63, 3.8) is 0 Å². The van der Waals surface area contributed by atoms with Crippen molar-refractivity contribution in [3.8, 4) is 5.75 Å². The van der Waals surface area contributed by atoms with Crippen molar-refractivity contribution in [2.45, 2.75) is 13.3 Å². The van der Waals surface area contributed by atoms with Gasteiger partial charge in [-0.25, -0.2) is 0 Å². The van der Waals surface area contributed by atoms with E-state index in [0.717, 1.165) is 12.2 Å². The van der Waals surface area contributed by atoms with E-state index in [9.17, 15) is 9.59 Å². The van der Waals surface area contributed by atoms with Gasteiger partial charge in [-0.3, -0.25) is 14.9 Å². The molecule has 24 heavy (non-hydrogen) atoms. The smallest absolute Gasteiger partial charge is 0.293 e. The van der Waals surface area contributed by atoms with Crippen molar-refractivity contribution in [2.24, 2.45) is 0 Å². The Morgan fingerprint density at radius 1 is 1.21 bits per heavy atom. The summed E-state index contributed by atoms with van der Waals surface area (Å²) in [5, 5.41) is 5.20. The summed E-state index contributed by atoms with van der Waals surface area (Å²) in [5.74, 6) is 0.254. The third kappa shape index (κ3) is 5.20. The van der Waals surface area contributed by atoms with Crippen LogP contribution in [0.1, 0.15) is 34.3 Å². The van der Waals surface area contributed by atoms with Crippen molar-refractivity contribution >= 4 is 29.0 Å². The van der Waals surface area contributed by atoms with Crippen LogP contribution in [-0.2, 0) is 0 Å². The number of carbonyl (C=O) groups is 2. The van der Waals surface area contributed by atoms with Crippen molar-refractivity contribution in [2.75, 3.05) is 13.2 Å². The number of rotatable bonds is 7. The number of hydrogen-bond acceptors (Lipinski definition) is 5. The van der Waals surface area contributed by atoms with Gasteiger partial charge >= 0.3 is 0 Å². The first kappa shape index (κ1) is 17.7. The lowest BCUT2D eigenvalue weighted by molar-refractivity contribution is 0.0945. The Morgan fingerprint density at radius 3 is 2.58 bits per heavy atom. The van der Waals surface area contributed by atoms with E-state index in [-0.39, 0.29) is 23.2 Å². The molecule has 2 N–H and O–H groups in total. The normalized spacial score (nSPS) is 10.0. The van der Waals surface area contributed by atoms with Gasteiger partial charge in [0.25, 0.3) is 5.91 Å². The van der Waals surface area contributed by atoms with Crippen LogP contribution in [0.5, 0.6) is 5.75 Å². The highest BCUT2D eigenvalue weighted by Gasteiger charge is 2.11. The highest BCUT2D eigenvalue weighted by Crippen LogP contribution is 2.12. The number of Topliss-reactive ketones (excluding diaryl/α,β-unsaturated/α-hetero) is 1. The molecule has 0 atom stereocenters.